The van der Waals surface area contributed by atoms with Gasteiger partial charge in [-0.2, -0.15) is 0 Å². The van der Waals surface area contributed by atoms with Gasteiger partial charge in [0, 0.05) is 16.3 Å². The number of amides is 2. The molecule has 1 saturated heterocycles. The minimum absolute atomic E-state index is 0.0273. The molecule has 0 aromatic heterocycles. The molecule has 2 amide bonds. The van der Waals surface area contributed by atoms with Crippen LogP contribution in [0.3, 0.4) is 0 Å². The minimum Gasteiger partial charge on any atom is -0.447 e. The van der Waals surface area contributed by atoms with Gasteiger partial charge in [0.05, 0.1) is 18.5 Å². The Balaban J connectivity index is 1.38. The Labute approximate surface area is 181 Å². The van der Waals surface area contributed by atoms with Gasteiger partial charge in [0.15, 0.2) is 0 Å². The van der Waals surface area contributed by atoms with Gasteiger partial charge in [-0.3, -0.25) is 9.69 Å². The van der Waals surface area contributed by atoms with Crippen molar-refractivity contribution in [1.82, 2.24) is 5.32 Å². The van der Waals surface area contributed by atoms with E-state index in [0.29, 0.717) is 18.2 Å². The van der Waals surface area contributed by atoms with Crippen LogP contribution in [-0.2, 0) is 14.9 Å². The van der Waals surface area contributed by atoms with Gasteiger partial charge in [-0.1, -0.05) is 48.4 Å². The zero-order chi connectivity index (χ0) is 21.0. The average molecular weight is 423 g/mol. The molecular formula is C24H23ClN2O3. The molecule has 6 heteroatoms. The van der Waals surface area contributed by atoms with E-state index >= 15 is 0 Å². The number of rotatable bonds is 4. The molecule has 30 heavy (non-hydrogen) atoms. The Kier molecular flexibility index (Phi) is 5.96. The fraction of sp³-hybridized carbons (Fsp3) is 0.333. The Morgan fingerprint density at radius 1 is 1.10 bits per heavy atom. The van der Waals surface area contributed by atoms with Crippen molar-refractivity contribution in [3.05, 3.63) is 64.7 Å². The molecule has 0 bridgehead atoms. The molecule has 0 unspecified atom stereocenters. The normalized spacial score (nSPS) is 17.2. The smallest absolute Gasteiger partial charge is 0.414 e. The predicted molar refractivity (Wildman–Crippen MR) is 117 cm³/mol. The molecule has 1 saturated carbocycles. The highest BCUT2D eigenvalue weighted by Crippen LogP contribution is 2.41. The van der Waals surface area contributed by atoms with E-state index in [9.17, 15) is 9.59 Å². The number of cyclic esters (lactones) is 1. The van der Waals surface area contributed by atoms with Crippen molar-refractivity contribution in [2.75, 3.05) is 24.6 Å². The molecule has 5 nitrogen and oxygen atoms in total. The first-order valence-corrected chi connectivity index (χ1v) is 10.5. The first kappa shape index (κ1) is 20.3. The van der Waals surface area contributed by atoms with E-state index in [1.54, 1.807) is 4.90 Å². The lowest BCUT2D eigenvalue weighted by molar-refractivity contribution is -0.126. The van der Waals surface area contributed by atoms with Crippen molar-refractivity contribution in [2.45, 2.75) is 31.1 Å². The minimum atomic E-state index is -0.488. The van der Waals surface area contributed by atoms with E-state index in [4.69, 9.17) is 16.3 Å². The zero-order valence-corrected chi connectivity index (χ0v) is 17.4. The van der Waals surface area contributed by atoms with Crippen LogP contribution in [0.25, 0.3) is 0 Å². The van der Waals surface area contributed by atoms with Gasteiger partial charge < -0.3 is 10.1 Å². The zero-order valence-electron chi connectivity index (χ0n) is 16.6. The van der Waals surface area contributed by atoms with E-state index in [2.05, 4.69) is 17.2 Å². The summed E-state index contributed by atoms with van der Waals surface area (Å²) in [5.41, 5.74) is 2.15. The highest BCUT2D eigenvalue weighted by Gasteiger charge is 2.42. The molecule has 2 aliphatic rings. The van der Waals surface area contributed by atoms with Gasteiger partial charge in [-0.25, -0.2) is 4.79 Å². The van der Waals surface area contributed by atoms with Gasteiger partial charge in [-0.15, -0.1) is 0 Å². The number of ether oxygens (including phenoxy) is 1. The van der Waals surface area contributed by atoms with Crippen molar-refractivity contribution < 1.29 is 14.3 Å². The molecule has 0 spiro atoms. The van der Waals surface area contributed by atoms with Gasteiger partial charge in [0.25, 0.3) is 0 Å². The molecule has 1 heterocycles. The highest BCUT2D eigenvalue weighted by atomic mass is 35.5. The Bertz CT molecular complexity index is 984. The summed E-state index contributed by atoms with van der Waals surface area (Å²) >= 11 is 6.01. The number of benzene rings is 2. The van der Waals surface area contributed by atoms with E-state index < -0.39 is 5.41 Å². The quantitative estimate of drug-likeness (QED) is 0.748. The maximum absolute atomic E-state index is 13.0. The van der Waals surface area contributed by atoms with Crippen LogP contribution in [0, 0.1) is 11.8 Å². The number of nitrogens with one attached hydrogen (secondary N) is 1. The maximum atomic E-state index is 13.0. The number of halogens is 1. The van der Waals surface area contributed by atoms with Crippen LogP contribution in [0.15, 0.2) is 48.5 Å². The van der Waals surface area contributed by atoms with Crippen LogP contribution in [0.1, 0.15) is 36.8 Å². The number of nitrogens with zero attached hydrogens (tertiary/aromatic N) is 1. The fourth-order valence-corrected chi connectivity index (χ4v) is 4.31. The second-order valence-electron chi connectivity index (χ2n) is 7.59. The van der Waals surface area contributed by atoms with Gasteiger partial charge in [0.2, 0.25) is 5.91 Å². The number of hydrogen-bond acceptors (Lipinski definition) is 3. The summed E-state index contributed by atoms with van der Waals surface area (Å²) < 4.78 is 4.95. The molecule has 1 aliphatic heterocycles. The lowest BCUT2D eigenvalue weighted by Gasteiger charge is -2.28. The van der Waals surface area contributed by atoms with Crippen LogP contribution >= 0.6 is 11.6 Å². The van der Waals surface area contributed by atoms with Gasteiger partial charge in [0.1, 0.15) is 6.61 Å². The second-order valence-corrected chi connectivity index (χ2v) is 8.03. The first-order chi connectivity index (χ1) is 14.6. The van der Waals surface area contributed by atoms with Crippen LogP contribution in [0.2, 0.25) is 5.02 Å². The number of carbonyl (C=O) groups is 2. The largest absolute Gasteiger partial charge is 0.447 e. The third-order valence-corrected chi connectivity index (χ3v) is 6.05. The van der Waals surface area contributed by atoms with E-state index in [1.807, 2.05) is 48.5 Å². The third-order valence-electron chi connectivity index (χ3n) is 5.80. The predicted octanol–water partition coefficient (Wildman–Crippen LogP) is 4.28. The molecule has 0 radical (unpaired) electrons. The molecule has 4 rings (SSSR count). The number of carbonyl (C=O) groups excluding carboxylic acids is 2. The summed E-state index contributed by atoms with van der Waals surface area (Å²) in [6, 6.07) is 15.0. The third kappa shape index (κ3) is 4.15. The lowest BCUT2D eigenvalue weighted by Crippen LogP contribution is -2.42. The highest BCUT2D eigenvalue weighted by molar-refractivity contribution is 6.30. The van der Waals surface area contributed by atoms with E-state index in [-0.39, 0.29) is 18.5 Å². The molecular weight excluding hydrogens is 400 g/mol. The molecule has 1 aliphatic carbocycles. The van der Waals surface area contributed by atoms with Gasteiger partial charge >= 0.3 is 6.09 Å². The summed E-state index contributed by atoms with van der Waals surface area (Å²) in [4.78, 5) is 26.2. The van der Waals surface area contributed by atoms with Gasteiger partial charge in [-0.05, 0) is 54.8 Å². The Morgan fingerprint density at radius 3 is 2.43 bits per heavy atom. The molecule has 0 atom stereocenters. The van der Waals surface area contributed by atoms with Crippen molar-refractivity contribution in [1.29, 1.82) is 0 Å². The first-order valence-electron chi connectivity index (χ1n) is 10.2. The van der Waals surface area contributed by atoms with Crippen LogP contribution < -0.4 is 10.2 Å². The van der Waals surface area contributed by atoms with Crippen LogP contribution in [0.4, 0.5) is 10.5 Å². The number of hydrogen-bond donors (Lipinski definition) is 1. The molecule has 1 N–H and O–H groups in total. The van der Waals surface area contributed by atoms with E-state index in [1.165, 1.54) is 0 Å². The SMILES string of the molecule is O=C1OCCN1c1ccc(C#CCNC(=O)C2(c3ccc(Cl)cc3)CCCC2)cc1. The standard InChI is InChI=1S/C24H23ClN2O3/c25-20-9-7-19(8-10-20)24(13-1-2-14-24)22(28)26-15-3-4-18-5-11-21(12-6-18)27-16-17-30-23(27)29/h5-12H,1-2,13-17H2,(H,26,28). The van der Waals surface area contributed by atoms with Crippen LogP contribution in [-0.4, -0.2) is 31.7 Å². The second kappa shape index (κ2) is 8.81. The van der Waals surface area contributed by atoms with Crippen LogP contribution in [0.5, 0.6) is 0 Å². The summed E-state index contributed by atoms with van der Waals surface area (Å²) in [6.45, 7) is 1.26. The topological polar surface area (TPSA) is 58.6 Å². The maximum Gasteiger partial charge on any atom is 0.414 e. The summed E-state index contributed by atoms with van der Waals surface area (Å²) in [5, 5.41) is 3.67. The van der Waals surface area contributed by atoms with Crippen molar-refractivity contribution in [3.8, 4) is 11.8 Å². The van der Waals surface area contributed by atoms with Crippen molar-refractivity contribution in [3.63, 3.8) is 0 Å². The lowest BCUT2D eigenvalue weighted by atomic mass is 9.78. The molecule has 2 aromatic rings. The molecule has 2 fully saturated rings. The fourth-order valence-electron chi connectivity index (χ4n) is 4.19. The Hall–Kier alpha value is -2.97. The van der Waals surface area contributed by atoms with Crippen molar-refractivity contribution in [2.24, 2.45) is 0 Å². The van der Waals surface area contributed by atoms with E-state index in [0.717, 1.165) is 42.5 Å². The Morgan fingerprint density at radius 2 is 1.80 bits per heavy atom. The average Bonchev–Trinajstić information content (AvgIpc) is 3.42. The number of anilines is 1. The summed E-state index contributed by atoms with van der Waals surface area (Å²) in [7, 11) is 0. The summed E-state index contributed by atoms with van der Waals surface area (Å²) in [6.07, 6.45) is 3.44. The van der Waals surface area contributed by atoms with Crippen molar-refractivity contribution >= 4 is 29.3 Å². The summed E-state index contributed by atoms with van der Waals surface area (Å²) in [5.74, 6) is 6.11. The molecule has 2 aromatic carbocycles. The molecule has 154 valence electrons. The monoisotopic (exact) mass is 422 g/mol.